The van der Waals surface area contributed by atoms with Gasteiger partial charge in [-0.25, -0.2) is 14.4 Å². The minimum atomic E-state index is -0.668. The Labute approximate surface area is 102 Å². The quantitative estimate of drug-likeness (QED) is 0.802. The number of carbonyl (C=O) groups is 1. The molecule has 0 amide bonds. The predicted octanol–water partition coefficient (Wildman–Crippen LogP) is 0.500. The third-order valence-electron chi connectivity index (χ3n) is 2.47. The van der Waals surface area contributed by atoms with Crippen molar-refractivity contribution < 1.29 is 14.3 Å². The molecule has 2 aromatic rings. The molecule has 0 bridgehead atoms. The van der Waals surface area contributed by atoms with Crippen LogP contribution in [0, 0.1) is 12.7 Å². The van der Waals surface area contributed by atoms with Crippen molar-refractivity contribution in [1.82, 2.24) is 19.7 Å². The van der Waals surface area contributed by atoms with Gasteiger partial charge >= 0.3 is 0 Å². The summed E-state index contributed by atoms with van der Waals surface area (Å²) in [5.41, 5.74) is 0.376. The van der Waals surface area contributed by atoms with Crippen molar-refractivity contribution in [1.29, 1.82) is 0 Å². The second-order valence-corrected chi connectivity index (χ2v) is 3.73. The van der Waals surface area contributed by atoms with Crippen molar-refractivity contribution in [3.63, 3.8) is 0 Å². The van der Waals surface area contributed by atoms with E-state index in [1.165, 1.54) is 10.9 Å². The molecule has 0 aliphatic heterocycles. The lowest BCUT2D eigenvalue weighted by Gasteiger charge is -2.04. The molecular formula is C11H11FN4O2. The molecule has 0 aliphatic carbocycles. The fourth-order valence-electron chi connectivity index (χ4n) is 1.66. The van der Waals surface area contributed by atoms with E-state index >= 15 is 0 Å². The summed E-state index contributed by atoms with van der Waals surface area (Å²) < 4.78 is 15.0. The Morgan fingerprint density at radius 3 is 2.89 bits per heavy atom. The van der Waals surface area contributed by atoms with E-state index in [1.807, 2.05) is 0 Å². The standard InChI is InChI=1S/C11H11FN4O2/c1-6-13-4-8(12)10(15-6)7-3-14-16(2)11(7)9(18)5-17/h3-4,17H,5H2,1-2H3. The van der Waals surface area contributed by atoms with E-state index in [4.69, 9.17) is 5.11 Å². The first-order chi connectivity index (χ1) is 8.54. The van der Waals surface area contributed by atoms with Gasteiger partial charge in [0.15, 0.2) is 5.82 Å². The van der Waals surface area contributed by atoms with Crippen molar-refractivity contribution in [2.75, 3.05) is 6.61 Å². The number of carbonyl (C=O) groups excluding carboxylic acids is 1. The third-order valence-corrected chi connectivity index (χ3v) is 2.47. The van der Waals surface area contributed by atoms with Crippen molar-refractivity contribution in [2.24, 2.45) is 7.05 Å². The monoisotopic (exact) mass is 250 g/mol. The summed E-state index contributed by atoms with van der Waals surface area (Å²) >= 11 is 0. The largest absolute Gasteiger partial charge is 0.388 e. The molecule has 0 fully saturated rings. The van der Waals surface area contributed by atoms with E-state index in [-0.39, 0.29) is 17.0 Å². The van der Waals surface area contributed by atoms with Gasteiger partial charge in [-0.1, -0.05) is 0 Å². The number of halogens is 1. The fourth-order valence-corrected chi connectivity index (χ4v) is 1.66. The summed E-state index contributed by atoms with van der Waals surface area (Å²) in [5, 5.41) is 12.8. The van der Waals surface area contributed by atoms with E-state index in [0.717, 1.165) is 6.20 Å². The Bertz CT molecular complexity index is 609. The second-order valence-electron chi connectivity index (χ2n) is 3.73. The van der Waals surface area contributed by atoms with Crippen LogP contribution in [0.15, 0.2) is 12.4 Å². The summed E-state index contributed by atoms with van der Waals surface area (Å²) in [4.78, 5) is 19.3. The normalized spacial score (nSPS) is 10.7. The highest BCUT2D eigenvalue weighted by Crippen LogP contribution is 2.24. The third kappa shape index (κ3) is 2.00. The van der Waals surface area contributed by atoms with Crippen LogP contribution in [-0.4, -0.2) is 37.2 Å². The maximum absolute atomic E-state index is 13.7. The van der Waals surface area contributed by atoms with Crippen LogP contribution in [0.3, 0.4) is 0 Å². The number of Topliss-reactive ketones (excluding diaryl/α,β-unsaturated/α-hetero) is 1. The van der Waals surface area contributed by atoms with Crippen molar-refractivity contribution in [2.45, 2.75) is 6.92 Å². The maximum atomic E-state index is 13.7. The van der Waals surface area contributed by atoms with Crippen molar-refractivity contribution >= 4 is 5.78 Å². The number of ketones is 1. The van der Waals surface area contributed by atoms with E-state index in [9.17, 15) is 9.18 Å². The molecule has 0 spiro atoms. The number of rotatable bonds is 3. The van der Waals surface area contributed by atoms with Crippen molar-refractivity contribution in [3.05, 3.63) is 29.7 Å². The predicted molar refractivity (Wildman–Crippen MR) is 60.3 cm³/mol. The Morgan fingerprint density at radius 2 is 2.22 bits per heavy atom. The van der Waals surface area contributed by atoms with Gasteiger partial charge in [0, 0.05) is 7.05 Å². The minimum Gasteiger partial charge on any atom is -0.388 e. The van der Waals surface area contributed by atoms with Gasteiger partial charge in [0.25, 0.3) is 0 Å². The van der Waals surface area contributed by atoms with Crippen LogP contribution in [-0.2, 0) is 7.05 Å². The molecule has 2 rings (SSSR count). The van der Waals surface area contributed by atoms with E-state index in [0.29, 0.717) is 5.82 Å². The fraction of sp³-hybridized carbons (Fsp3) is 0.273. The first kappa shape index (κ1) is 12.3. The van der Waals surface area contributed by atoms with Crippen LogP contribution in [0.4, 0.5) is 4.39 Å². The summed E-state index contributed by atoms with van der Waals surface area (Å²) in [6.07, 6.45) is 2.38. The lowest BCUT2D eigenvalue weighted by Crippen LogP contribution is -2.12. The molecule has 18 heavy (non-hydrogen) atoms. The number of hydrogen-bond acceptors (Lipinski definition) is 5. The van der Waals surface area contributed by atoms with Gasteiger partial charge < -0.3 is 5.11 Å². The molecule has 0 aromatic carbocycles. The first-order valence-electron chi connectivity index (χ1n) is 5.20. The lowest BCUT2D eigenvalue weighted by atomic mass is 10.1. The molecule has 0 saturated carbocycles. The molecule has 1 N–H and O–H groups in total. The van der Waals surface area contributed by atoms with Crippen LogP contribution in [0.5, 0.6) is 0 Å². The molecular weight excluding hydrogens is 239 g/mol. The molecule has 94 valence electrons. The van der Waals surface area contributed by atoms with E-state index in [1.54, 1.807) is 14.0 Å². The van der Waals surface area contributed by atoms with Gasteiger partial charge in [0.2, 0.25) is 5.78 Å². The maximum Gasteiger partial charge on any atom is 0.206 e. The van der Waals surface area contributed by atoms with Crippen LogP contribution in [0.2, 0.25) is 0 Å². The average Bonchev–Trinajstić information content (AvgIpc) is 2.73. The molecule has 0 radical (unpaired) electrons. The van der Waals surface area contributed by atoms with Crippen LogP contribution in [0.25, 0.3) is 11.3 Å². The highest BCUT2D eigenvalue weighted by molar-refractivity contribution is 6.01. The Kier molecular flexibility index (Phi) is 3.15. The minimum absolute atomic E-state index is 0.00685. The average molecular weight is 250 g/mol. The zero-order valence-electron chi connectivity index (χ0n) is 9.88. The number of hydrogen-bond donors (Lipinski definition) is 1. The van der Waals surface area contributed by atoms with Gasteiger partial charge in [0.05, 0.1) is 18.0 Å². The molecule has 7 heteroatoms. The zero-order valence-corrected chi connectivity index (χ0v) is 9.88. The van der Waals surface area contributed by atoms with Crippen LogP contribution < -0.4 is 0 Å². The smallest absolute Gasteiger partial charge is 0.206 e. The van der Waals surface area contributed by atoms with Gasteiger partial charge in [-0.05, 0) is 6.92 Å². The number of aliphatic hydroxyl groups excluding tert-OH is 1. The molecule has 0 unspecified atom stereocenters. The number of aromatic nitrogens is 4. The molecule has 0 aliphatic rings. The van der Waals surface area contributed by atoms with Gasteiger partial charge in [-0.2, -0.15) is 5.10 Å². The topological polar surface area (TPSA) is 80.9 Å². The number of nitrogens with zero attached hydrogens (tertiary/aromatic N) is 4. The van der Waals surface area contributed by atoms with Gasteiger partial charge in [-0.3, -0.25) is 9.48 Å². The first-order valence-corrected chi connectivity index (χ1v) is 5.20. The van der Waals surface area contributed by atoms with Gasteiger partial charge in [0.1, 0.15) is 23.8 Å². The van der Waals surface area contributed by atoms with Gasteiger partial charge in [-0.15, -0.1) is 0 Å². The van der Waals surface area contributed by atoms with Crippen molar-refractivity contribution in [3.8, 4) is 11.3 Å². The number of aryl methyl sites for hydroxylation is 2. The summed E-state index contributed by atoms with van der Waals surface area (Å²) in [7, 11) is 1.54. The molecule has 2 aromatic heterocycles. The lowest BCUT2D eigenvalue weighted by molar-refractivity contribution is 0.0895. The Morgan fingerprint density at radius 1 is 1.50 bits per heavy atom. The summed E-state index contributed by atoms with van der Waals surface area (Å²) in [5.74, 6) is -0.793. The Balaban J connectivity index is 2.64. The molecule has 0 saturated heterocycles. The highest BCUT2D eigenvalue weighted by atomic mass is 19.1. The summed E-state index contributed by atoms with van der Waals surface area (Å²) in [6.45, 7) is 0.949. The Hall–Kier alpha value is -2.15. The molecule has 0 atom stereocenters. The van der Waals surface area contributed by atoms with Crippen LogP contribution >= 0.6 is 0 Å². The zero-order chi connectivity index (χ0) is 13.3. The number of aliphatic hydroxyl groups is 1. The SMILES string of the molecule is Cc1ncc(F)c(-c2cnn(C)c2C(=O)CO)n1. The van der Waals surface area contributed by atoms with E-state index < -0.39 is 18.2 Å². The molecule has 6 nitrogen and oxygen atoms in total. The molecule has 2 heterocycles. The second kappa shape index (κ2) is 4.61. The van der Waals surface area contributed by atoms with Crippen LogP contribution in [0.1, 0.15) is 16.3 Å². The van der Waals surface area contributed by atoms with E-state index in [2.05, 4.69) is 15.1 Å². The highest BCUT2D eigenvalue weighted by Gasteiger charge is 2.21. The summed E-state index contributed by atoms with van der Waals surface area (Å²) in [6, 6.07) is 0.